The molecule has 0 aromatic heterocycles. The first-order valence-electron chi connectivity index (χ1n) is 11.1. The quantitative estimate of drug-likeness (QED) is 0.603. The van der Waals surface area contributed by atoms with Gasteiger partial charge in [0.2, 0.25) is 0 Å². The molecule has 2 rings (SSSR count). The van der Waals surface area contributed by atoms with E-state index >= 15 is 0 Å². The molecule has 1 aromatic carbocycles. The Morgan fingerprint density at radius 1 is 1.10 bits per heavy atom. The molecule has 2 amide bonds. The summed E-state index contributed by atoms with van der Waals surface area (Å²) in [6.07, 6.45) is 6.52. The Kier molecular flexibility index (Phi) is 9.63. The molecule has 30 heavy (non-hydrogen) atoms. The van der Waals surface area contributed by atoms with E-state index in [0.717, 1.165) is 38.8 Å². The van der Waals surface area contributed by atoms with Crippen molar-refractivity contribution < 1.29 is 19.1 Å². The van der Waals surface area contributed by atoms with E-state index < -0.39 is 5.60 Å². The number of carbonyl (C=O) groups is 2. The van der Waals surface area contributed by atoms with Crippen LogP contribution in [0.15, 0.2) is 24.3 Å². The van der Waals surface area contributed by atoms with Gasteiger partial charge < -0.3 is 19.7 Å². The number of aryl methyl sites for hydroxylation is 1. The smallest absolute Gasteiger partial charge is 0.410 e. The molecule has 1 aliphatic heterocycles. The summed E-state index contributed by atoms with van der Waals surface area (Å²) in [6.45, 7) is 8.35. The zero-order valence-electron chi connectivity index (χ0n) is 19.0. The van der Waals surface area contributed by atoms with Crippen molar-refractivity contribution in [2.45, 2.75) is 64.9 Å². The monoisotopic (exact) mass is 418 g/mol. The molecule has 0 aliphatic carbocycles. The van der Waals surface area contributed by atoms with E-state index in [1.165, 1.54) is 18.4 Å². The average molecular weight is 419 g/mol. The highest BCUT2D eigenvalue weighted by Crippen LogP contribution is 2.24. The van der Waals surface area contributed by atoms with Crippen LogP contribution in [0, 0.1) is 5.92 Å². The Labute approximate surface area is 181 Å². The first-order valence-corrected chi connectivity index (χ1v) is 11.1. The van der Waals surface area contributed by atoms with Gasteiger partial charge in [-0.25, -0.2) is 4.79 Å². The van der Waals surface area contributed by atoms with Gasteiger partial charge in [-0.15, -0.1) is 0 Å². The number of carbonyl (C=O) groups excluding carboxylic acids is 2. The molecule has 0 bridgehead atoms. The van der Waals surface area contributed by atoms with Gasteiger partial charge >= 0.3 is 6.09 Å². The van der Waals surface area contributed by atoms with Crippen LogP contribution in [0.4, 0.5) is 4.79 Å². The van der Waals surface area contributed by atoms with Gasteiger partial charge in [-0.3, -0.25) is 4.79 Å². The molecule has 0 radical (unpaired) electrons. The summed E-state index contributed by atoms with van der Waals surface area (Å²) in [5.41, 5.74) is 1.52. The highest BCUT2D eigenvalue weighted by molar-refractivity contribution is 5.94. The number of nitrogens with zero attached hydrogens (tertiary/aromatic N) is 1. The number of ether oxygens (including phenoxy) is 2. The lowest BCUT2D eigenvalue weighted by Crippen LogP contribution is -2.41. The predicted octanol–water partition coefficient (Wildman–Crippen LogP) is 4.42. The summed E-state index contributed by atoms with van der Waals surface area (Å²) < 4.78 is 10.4. The second-order valence-corrected chi connectivity index (χ2v) is 9.10. The summed E-state index contributed by atoms with van der Waals surface area (Å²) in [5, 5.41) is 2.83. The molecule has 1 N–H and O–H groups in total. The SMILES string of the molecule is COCCNC(=O)c1ccc(CCCCC2CCN(C(=O)OC(C)(C)C)CC2)cc1. The van der Waals surface area contributed by atoms with Gasteiger partial charge in [0.05, 0.1) is 6.61 Å². The van der Waals surface area contributed by atoms with Crippen molar-refractivity contribution in [3.05, 3.63) is 35.4 Å². The van der Waals surface area contributed by atoms with Gasteiger partial charge in [0.25, 0.3) is 5.91 Å². The molecular formula is C24H38N2O4. The van der Waals surface area contributed by atoms with E-state index in [-0.39, 0.29) is 12.0 Å². The summed E-state index contributed by atoms with van der Waals surface area (Å²) >= 11 is 0. The topological polar surface area (TPSA) is 67.9 Å². The Bertz CT molecular complexity index is 659. The maximum atomic E-state index is 12.1. The molecule has 1 heterocycles. The lowest BCUT2D eigenvalue weighted by molar-refractivity contribution is 0.0180. The first-order chi connectivity index (χ1) is 14.3. The normalized spacial score (nSPS) is 15.1. The highest BCUT2D eigenvalue weighted by atomic mass is 16.6. The van der Waals surface area contributed by atoms with Crippen LogP contribution in [0.25, 0.3) is 0 Å². The van der Waals surface area contributed by atoms with Crippen LogP contribution in [-0.4, -0.2) is 55.9 Å². The van der Waals surface area contributed by atoms with Crippen LogP contribution in [0.2, 0.25) is 0 Å². The third kappa shape index (κ3) is 8.74. The molecule has 0 saturated carbocycles. The summed E-state index contributed by atoms with van der Waals surface area (Å²) in [5.74, 6) is 0.637. The lowest BCUT2D eigenvalue weighted by atomic mass is 9.91. The largest absolute Gasteiger partial charge is 0.444 e. The van der Waals surface area contributed by atoms with E-state index in [1.54, 1.807) is 7.11 Å². The second kappa shape index (κ2) is 11.9. The van der Waals surface area contributed by atoms with Gasteiger partial charge in [-0.1, -0.05) is 25.0 Å². The number of methoxy groups -OCH3 is 1. The number of hydrogen-bond acceptors (Lipinski definition) is 4. The number of hydrogen-bond donors (Lipinski definition) is 1. The van der Waals surface area contributed by atoms with Crippen molar-refractivity contribution in [1.82, 2.24) is 10.2 Å². The average Bonchev–Trinajstić information content (AvgIpc) is 2.71. The van der Waals surface area contributed by atoms with Gasteiger partial charge in [0, 0.05) is 32.3 Å². The van der Waals surface area contributed by atoms with Crippen LogP contribution in [0.3, 0.4) is 0 Å². The molecule has 1 saturated heterocycles. The van der Waals surface area contributed by atoms with E-state index in [2.05, 4.69) is 5.32 Å². The highest BCUT2D eigenvalue weighted by Gasteiger charge is 2.26. The van der Waals surface area contributed by atoms with Crippen molar-refractivity contribution in [2.24, 2.45) is 5.92 Å². The standard InChI is InChI=1S/C24H38N2O4/c1-24(2,3)30-23(28)26-16-13-20(14-17-26)8-6-5-7-19-9-11-21(12-10-19)22(27)25-15-18-29-4/h9-12,20H,5-8,13-18H2,1-4H3,(H,25,27). The van der Waals surface area contributed by atoms with E-state index in [0.29, 0.717) is 24.6 Å². The molecule has 0 spiro atoms. The van der Waals surface area contributed by atoms with Crippen LogP contribution >= 0.6 is 0 Å². The molecule has 168 valence electrons. The Balaban J connectivity index is 1.62. The van der Waals surface area contributed by atoms with Crippen LogP contribution < -0.4 is 5.32 Å². The number of amides is 2. The molecule has 1 fully saturated rings. The summed E-state index contributed by atoms with van der Waals surface area (Å²) in [7, 11) is 1.62. The van der Waals surface area contributed by atoms with Crippen molar-refractivity contribution in [3.63, 3.8) is 0 Å². The van der Waals surface area contributed by atoms with Crippen molar-refractivity contribution in [1.29, 1.82) is 0 Å². The number of likely N-dealkylation sites (tertiary alicyclic amines) is 1. The molecule has 1 aliphatic rings. The lowest BCUT2D eigenvalue weighted by Gasteiger charge is -2.33. The molecule has 6 nitrogen and oxygen atoms in total. The maximum Gasteiger partial charge on any atom is 0.410 e. The fraction of sp³-hybridized carbons (Fsp3) is 0.667. The van der Waals surface area contributed by atoms with Gasteiger partial charge in [-0.05, 0) is 70.1 Å². The zero-order chi connectivity index (χ0) is 22.0. The van der Waals surface area contributed by atoms with Gasteiger partial charge in [0.15, 0.2) is 0 Å². The molecule has 1 aromatic rings. The fourth-order valence-corrected chi connectivity index (χ4v) is 3.68. The summed E-state index contributed by atoms with van der Waals surface area (Å²) in [6, 6.07) is 7.88. The summed E-state index contributed by atoms with van der Waals surface area (Å²) in [4.78, 5) is 26.0. The molecule has 6 heteroatoms. The van der Waals surface area contributed by atoms with Gasteiger partial charge in [0.1, 0.15) is 5.60 Å². The van der Waals surface area contributed by atoms with Crippen LogP contribution in [0.5, 0.6) is 0 Å². The minimum Gasteiger partial charge on any atom is -0.444 e. The molecule has 0 atom stereocenters. The Morgan fingerprint density at radius 3 is 2.37 bits per heavy atom. The Morgan fingerprint density at radius 2 is 1.77 bits per heavy atom. The van der Waals surface area contributed by atoms with Crippen molar-refractivity contribution in [2.75, 3.05) is 33.4 Å². The number of benzene rings is 1. The molecule has 0 unspecified atom stereocenters. The zero-order valence-corrected chi connectivity index (χ0v) is 19.0. The van der Waals surface area contributed by atoms with Crippen molar-refractivity contribution in [3.8, 4) is 0 Å². The maximum absolute atomic E-state index is 12.1. The fourth-order valence-electron chi connectivity index (χ4n) is 3.68. The van der Waals surface area contributed by atoms with Crippen molar-refractivity contribution >= 4 is 12.0 Å². The number of unbranched alkanes of at least 4 members (excludes halogenated alkanes) is 1. The van der Waals surface area contributed by atoms with Crippen LogP contribution in [0.1, 0.15) is 68.8 Å². The second-order valence-electron chi connectivity index (χ2n) is 9.10. The van der Waals surface area contributed by atoms with Crippen LogP contribution in [-0.2, 0) is 15.9 Å². The minimum atomic E-state index is -0.431. The first kappa shape index (κ1) is 24.2. The number of rotatable bonds is 9. The molecular weight excluding hydrogens is 380 g/mol. The van der Waals surface area contributed by atoms with Gasteiger partial charge in [-0.2, -0.15) is 0 Å². The van der Waals surface area contributed by atoms with E-state index in [1.807, 2.05) is 49.9 Å². The third-order valence-corrected chi connectivity index (χ3v) is 5.40. The Hall–Kier alpha value is -2.08. The predicted molar refractivity (Wildman–Crippen MR) is 119 cm³/mol. The van der Waals surface area contributed by atoms with E-state index in [4.69, 9.17) is 9.47 Å². The van der Waals surface area contributed by atoms with E-state index in [9.17, 15) is 9.59 Å². The minimum absolute atomic E-state index is 0.0590. The number of piperidine rings is 1. The third-order valence-electron chi connectivity index (χ3n) is 5.40. The number of nitrogens with one attached hydrogen (secondary N) is 1.